The number of nitrogens with zero attached hydrogens (tertiary/aromatic N) is 2. The molecule has 1 aromatic carbocycles. The molecular weight excluding hydrogens is 329 g/mol. The van der Waals surface area contributed by atoms with E-state index in [9.17, 15) is 4.79 Å². The fraction of sp³-hybridized carbons (Fsp3) is 0.286. The molecule has 1 aromatic heterocycles. The van der Waals surface area contributed by atoms with Gasteiger partial charge in [-0.1, -0.05) is 17.7 Å². The standard InChI is InChI=1S/C14H14ClN3OS.ClH/c15-10-2-1-9-4-6-18(12(9)7-10)14(19)11-8-20-13(17-11)3-5-16;/h1-2,7-8H,3-6,16H2;1H. The van der Waals surface area contributed by atoms with Crippen molar-refractivity contribution in [2.24, 2.45) is 5.73 Å². The van der Waals surface area contributed by atoms with Crippen molar-refractivity contribution >= 4 is 46.9 Å². The number of hydrogen-bond acceptors (Lipinski definition) is 4. The van der Waals surface area contributed by atoms with Gasteiger partial charge in [0.1, 0.15) is 5.69 Å². The Balaban J connectivity index is 0.00000161. The number of thiazole rings is 1. The van der Waals surface area contributed by atoms with E-state index in [-0.39, 0.29) is 18.3 Å². The number of benzene rings is 1. The van der Waals surface area contributed by atoms with E-state index in [4.69, 9.17) is 17.3 Å². The molecule has 7 heteroatoms. The van der Waals surface area contributed by atoms with Crippen molar-refractivity contribution in [2.45, 2.75) is 12.8 Å². The zero-order valence-corrected chi connectivity index (χ0v) is 13.6. The van der Waals surface area contributed by atoms with Gasteiger partial charge in [-0.25, -0.2) is 4.98 Å². The number of carbonyl (C=O) groups excluding carboxylic acids is 1. The van der Waals surface area contributed by atoms with Gasteiger partial charge in [-0.05, 0) is 30.7 Å². The number of nitrogens with two attached hydrogens (primary N) is 1. The average Bonchev–Trinajstić information content (AvgIpc) is 3.05. The number of amides is 1. The van der Waals surface area contributed by atoms with E-state index in [2.05, 4.69) is 4.98 Å². The lowest BCUT2D eigenvalue weighted by molar-refractivity contribution is 0.0985. The third kappa shape index (κ3) is 3.21. The molecule has 4 nitrogen and oxygen atoms in total. The summed E-state index contributed by atoms with van der Waals surface area (Å²) in [5, 5.41) is 3.35. The molecule has 2 aromatic rings. The van der Waals surface area contributed by atoms with Gasteiger partial charge in [0.25, 0.3) is 5.91 Å². The number of halogens is 2. The molecule has 0 bridgehead atoms. The molecule has 2 N–H and O–H groups in total. The number of anilines is 1. The van der Waals surface area contributed by atoms with E-state index in [1.54, 1.807) is 10.3 Å². The first-order chi connectivity index (χ1) is 9.69. The van der Waals surface area contributed by atoms with Gasteiger partial charge in [0.15, 0.2) is 0 Å². The van der Waals surface area contributed by atoms with Crippen LogP contribution in [0.3, 0.4) is 0 Å². The zero-order valence-electron chi connectivity index (χ0n) is 11.2. The summed E-state index contributed by atoms with van der Waals surface area (Å²) in [6.45, 7) is 1.22. The first-order valence-corrected chi connectivity index (χ1v) is 7.69. The summed E-state index contributed by atoms with van der Waals surface area (Å²) in [5.41, 5.74) is 8.05. The SMILES string of the molecule is Cl.NCCc1nc(C(=O)N2CCc3ccc(Cl)cc32)cs1. The van der Waals surface area contributed by atoms with Gasteiger partial charge in [0.2, 0.25) is 0 Å². The highest BCUT2D eigenvalue weighted by atomic mass is 35.5. The van der Waals surface area contributed by atoms with Crippen LogP contribution in [-0.2, 0) is 12.8 Å². The molecule has 1 aliphatic rings. The molecule has 3 rings (SSSR count). The van der Waals surface area contributed by atoms with E-state index in [1.165, 1.54) is 11.3 Å². The molecule has 21 heavy (non-hydrogen) atoms. The Hall–Kier alpha value is -1.14. The van der Waals surface area contributed by atoms with Crippen LogP contribution in [0.15, 0.2) is 23.6 Å². The first kappa shape index (κ1) is 16.2. The smallest absolute Gasteiger partial charge is 0.277 e. The molecule has 0 radical (unpaired) electrons. The molecule has 1 amide bonds. The van der Waals surface area contributed by atoms with Crippen LogP contribution in [0.25, 0.3) is 0 Å². The van der Waals surface area contributed by atoms with E-state index in [0.717, 1.165) is 22.7 Å². The minimum atomic E-state index is -0.0643. The number of fused-ring (bicyclic) bond motifs is 1. The maximum atomic E-state index is 12.5. The van der Waals surface area contributed by atoms with Gasteiger partial charge >= 0.3 is 0 Å². The van der Waals surface area contributed by atoms with Gasteiger partial charge in [0.05, 0.1) is 5.01 Å². The topological polar surface area (TPSA) is 59.2 Å². The van der Waals surface area contributed by atoms with Crippen LogP contribution in [0.5, 0.6) is 0 Å². The molecule has 0 spiro atoms. The Morgan fingerprint density at radius 2 is 2.29 bits per heavy atom. The summed E-state index contributed by atoms with van der Waals surface area (Å²) < 4.78 is 0. The maximum absolute atomic E-state index is 12.5. The molecule has 0 fully saturated rings. The molecule has 0 saturated carbocycles. The Morgan fingerprint density at radius 1 is 1.48 bits per heavy atom. The number of rotatable bonds is 3. The van der Waals surface area contributed by atoms with Crippen molar-refractivity contribution in [3.8, 4) is 0 Å². The molecule has 0 saturated heterocycles. The Labute approximate surface area is 138 Å². The summed E-state index contributed by atoms with van der Waals surface area (Å²) in [6, 6.07) is 5.68. The van der Waals surface area contributed by atoms with Gasteiger partial charge in [-0.3, -0.25) is 4.79 Å². The largest absolute Gasteiger partial charge is 0.330 e. The minimum Gasteiger partial charge on any atom is -0.330 e. The Kier molecular flexibility index (Phi) is 5.22. The molecule has 1 aliphatic heterocycles. The zero-order chi connectivity index (χ0) is 14.1. The summed E-state index contributed by atoms with van der Waals surface area (Å²) >= 11 is 7.50. The lowest BCUT2D eigenvalue weighted by Crippen LogP contribution is -2.29. The highest BCUT2D eigenvalue weighted by Gasteiger charge is 2.27. The number of hydrogen-bond donors (Lipinski definition) is 1. The minimum absolute atomic E-state index is 0. The van der Waals surface area contributed by atoms with Crippen LogP contribution in [-0.4, -0.2) is 24.0 Å². The van der Waals surface area contributed by atoms with E-state index >= 15 is 0 Å². The predicted molar refractivity (Wildman–Crippen MR) is 89.0 cm³/mol. The summed E-state index contributed by atoms with van der Waals surface area (Å²) in [7, 11) is 0. The van der Waals surface area contributed by atoms with Crippen molar-refractivity contribution in [3.05, 3.63) is 44.9 Å². The number of aromatic nitrogens is 1. The van der Waals surface area contributed by atoms with E-state index < -0.39 is 0 Å². The van der Waals surface area contributed by atoms with Crippen molar-refractivity contribution in [2.75, 3.05) is 18.0 Å². The van der Waals surface area contributed by atoms with Crippen LogP contribution in [0, 0.1) is 0 Å². The number of carbonyl (C=O) groups is 1. The second-order valence-electron chi connectivity index (χ2n) is 4.64. The molecule has 0 unspecified atom stereocenters. The van der Waals surface area contributed by atoms with Crippen LogP contribution in [0.1, 0.15) is 21.1 Å². The molecule has 112 valence electrons. The summed E-state index contributed by atoms with van der Waals surface area (Å²) in [5.74, 6) is -0.0643. The molecule has 0 aliphatic carbocycles. The van der Waals surface area contributed by atoms with Crippen LogP contribution >= 0.6 is 35.3 Å². The van der Waals surface area contributed by atoms with Crippen LogP contribution < -0.4 is 10.6 Å². The molecule has 0 atom stereocenters. The van der Waals surface area contributed by atoms with Gasteiger partial charge in [-0.2, -0.15) is 0 Å². The third-order valence-electron chi connectivity index (χ3n) is 3.32. The predicted octanol–water partition coefficient (Wildman–Crippen LogP) is 2.92. The Morgan fingerprint density at radius 3 is 3.05 bits per heavy atom. The summed E-state index contributed by atoms with van der Waals surface area (Å²) in [6.07, 6.45) is 1.57. The highest BCUT2D eigenvalue weighted by molar-refractivity contribution is 7.09. The van der Waals surface area contributed by atoms with Gasteiger partial charge in [0, 0.05) is 29.1 Å². The second-order valence-corrected chi connectivity index (χ2v) is 6.02. The quantitative estimate of drug-likeness (QED) is 0.931. The fourth-order valence-electron chi connectivity index (χ4n) is 2.35. The van der Waals surface area contributed by atoms with Gasteiger partial charge in [-0.15, -0.1) is 23.7 Å². The lowest BCUT2D eigenvalue weighted by Gasteiger charge is -2.16. The van der Waals surface area contributed by atoms with Crippen molar-refractivity contribution in [1.82, 2.24) is 4.98 Å². The average molecular weight is 344 g/mol. The van der Waals surface area contributed by atoms with E-state index in [0.29, 0.717) is 30.2 Å². The fourth-order valence-corrected chi connectivity index (χ4v) is 3.30. The monoisotopic (exact) mass is 343 g/mol. The third-order valence-corrected chi connectivity index (χ3v) is 4.46. The van der Waals surface area contributed by atoms with Crippen LogP contribution in [0.2, 0.25) is 5.02 Å². The van der Waals surface area contributed by atoms with Crippen molar-refractivity contribution in [1.29, 1.82) is 0 Å². The summed E-state index contributed by atoms with van der Waals surface area (Å²) in [4.78, 5) is 18.6. The van der Waals surface area contributed by atoms with Gasteiger partial charge < -0.3 is 10.6 Å². The normalized spacial score (nSPS) is 13.0. The van der Waals surface area contributed by atoms with Crippen LogP contribution in [0.4, 0.5) is 5.69 Å². The van der Waals surface area contributed by atoms with E-state index in [1.807, 2.05) is 18.2 Å². The van der Waals surface area contributed by atoms with Crippen molar-refractivity contribution < 1.29 is 4.79 Å². The second kappa shape index (κ2) is 6.75. The first-order valence-electron chi connectivity index (χ1n) is 6.44. The Bertz CT molecular complexity index is 659. The molecular formula is C14H15Cl2N3OS. The highest BCUT2D eigenvalue weighted by Crippen LogP contribution is 2.31. The maximum Gasteiger partial charge on any atom is 0.277 e. The van der Waals surface area contributed by atoms with Crippen molar-refractivity contribution in [3.63, 3.8) is 0 Å². The molecule has 2 heterocycles. The lowest BCUT2D eigenvalue weighted by atomic mass is 10.2.